The van der Waals surface area contributed by atoms with Crippen molar-refractivity contribution < 1.29 is 19.4 Å². The molecule has 1 aliphatic rings. The van der Waals surface area contributed by atoms with Crippen LogP contribution in [0.2, 0.25) is 0 Å². The van der Waals surface area contributed by atoms with Crippen molar-refractivity contribution in [3.05, 3.63) is 0 Å². The van der Waals surface area contributed by atoms with E-state index in [0.29, 0.717) is 12.8 Å². The number of hydrogen-bond acceptors (Lipinski definition) is 3. The molecule has 1 fully saturated rings. The lowest BCUT2D eigenvalue weighted by Gasteiger charge is -2.29. The average Bonchev–Trinajstić information content (AvgIpc) is 2.78. The molecule has 5 nitrogen and oxygen atoms in total. The van der Waals surface area contributed by atoms with E-state index >= 15 is 0 Å². The lowest BCUT2D eigenvalue weighted by Crippen LogP contribution is -2.49. The van der Waals surface area contributed by atoms with Crippen LogP contribution >= 0.6 is 0 Å². The van der Waals surface area contributed by atoms with Crippen LogP contribution in [-0.2, 0) is 14.3 Å². The van der Waals surface area contributed by atoms with Crippen molar-refractivity contribution in [1.29, 1.82) is 0 Å². The molecular formula is C12H21NO4. The zero-order valence-corrected chi connectivity index (χ0v) is 10.7. The van der Waals surface area contributed by atoms with Crippen molar-refractivity contribution in [2.24, 2.45) is 0 Å². The lowest BCUT2D eigenvalue weighted by molar-refractivity contribution is -0.152. The summed E-state index contributed by atoms with van der Waals surface area (Å²) in [5.41, 5.74) is -0.234. The van der Waals surface area contributed by atoms with Gasteiger partial charge in [-0.2, -0.15) is 0 Å². The van der Waals surface area contributed by atoms with Crippen molar-refractivity contribution in [2.75, 3.05) is 0 Å². The Morgan fingerprint density at radius 1 is 1.29 bits per heavy atom. The maximum atomic E-state index is 11.9. The summed E-state index contributed by atoms with van der Waals surface area (Å²) in [6.45, 7) is 6.01. The third-order valence-corrected chi connectivity index (χ3v) is 3.57. The summed E-state index contributed by atoms with van der Waals surface area (Å²) in [5, 5.41) is 11.7. The van der Waals surface area contributed by atoms with E-state index in [1.807, 2.05) is 20.8 Å². The minimum Gasteiger partial charge on any atom is -0.479 e. The molecule has 2 N–H and O–H groups in total. The van der Waals surface area contributed by atoms with Crippen LogP contribution in [0.5, 0.6) is 0 Å². The van der Waals surface area contributed by atoms with Crippen molar-refractivity contribution in [1.82, 2.24) is 5.32 Å². The van der Waals surface area contributed by atoms with Crippen LogP contribution in [0.25, 0.3) is 0 Å². The number of carboxylic acid groups (broad SMARTS) is 1. The Morgan fingerprint density at radius 3 is 2.24 bits per heavy atom. The Morgan fingerprint density at radius 2 is 1.82 bits per heavy atom. The van der Waals surface area contributed by atoms with E-state index in [-0.39, 0.29) is 11.4 Å². The third kappa shape index (κ3) is 3.43. The third-order valence-electron chi connectivity index (χ3n) is 3.57. The number of aliphatic carboxylic acids is 1. The Bertz CT molecular complexity index is 299. The molecule has 1 saturated heterocycles. The molecule has 1 rings (SSSR count). The van der Waals surface area contributed by atoms with Crippen molar-refractivity contribution >= 4 is 11.9 Å². The van der Waals surface area contributed by atoms with Crippen LogP contribution in [0.3, 0.4) is 0 Å². The molecule has 0 radical (unpaired) electrons. The molecule has 0 aromatic rings. The van der Waals surface area contributed by atoms with Crippen LogP contribution in [0, 0.1) is 0 Å². The van der Waals surface area contributed by atoms with E-state index in [1.165, 1.54) is 0 Å². The van der Waals surface area contributed by atoms with E-state index in [1.54, 1.807) is 0 Å². The van der Waals surface area contributed by atoms with E-state index in [2.05, 4.69) is 5.32 Å². The molecule has 0 aromatic carbocycles. The predicted octanol–water partition coefficient (Wildman–Crippen LogP) is 1.31. The maximum Gasteiger partial charge on any atom is 0.332 e. The SMILES string of the molecule is CCC(C)(CC)NC(=O)[C@@H]1CC[C@H](C(=O)O)O1. The second-order valence-electron chi connectivity index (χ2n) is 4.79. The molecule has 0 unspecified atom stereocenters. The van der Waals surface area contributed by atoms with Crippen LogP contribution in [-0.4, -0.2) is 34.7 Å². The van der Waals surface area contributed by atoms with Gasteiger partial charge in [0.2, 0.25) is 5.91 Å². The Kier molecular flexibility index (Phi) is 4.51. The average molecular weight is 243 g/mol. The van der Waals surface area contributed by atoms with Gasteiger partial charge >= 0.3 is 5.97 Å². The number of rotatable bonds is 5. The van der Waals surface area contributed by atoms with E-state index < -0.39 is 18.2 Å². The van der Waals surface area contributed by atoms with Gasteiger partial charge in [0.05, 0.1) is 0 Å². The van der Waals surface area contributed by atoms with Crippen LogP contribution in [0.1, 0.15) is 46.5 Å². The standard InChI is InChI=1S/C12H21NO4/c1-4-12(3,5-2)13-10(14)8-6-7-9(17-8)11(15)16/h8-9H,4-7H2,1-3H3,(H,13,14)(H,15,16)/t8-,9+/m0/s1. The monoisotopic (exact) mass is 243 g/mol. The quantitative estimate of drug-likeness (QED) is 0.763. The van der Waals surface area contributed by atoms with Gasteiger partial charge in [0, 0.05) is 5.54 Å². The smallest absolute Gasteiger partial charge is 0.332 e. The van der Waals surface area contributed by atoms with E-state index in [9.17, 15) is 9.59 Å². The van der Waals surface area contributed by atoms with Gasteiger partial charge in [0.15, 0.2) is 6.10 Å². The molecule has 98 valence electrons. The van der Waals surface area contributed by atoms with Crippen molar-refractivity contribution in [2.45, 2.75) is 64.2 Å². The van der Waals surface area contributed by atoms with Crippen molar-refractivity contribution in [3.63, 3.8) is 0 Å². The van der Waals surface area contributed by atoms with Crippen LogP contribution < -0.4 is 5.32 Å². The number of amides is 1. The first-order chi connectivity index (χ1) is 7.91. The number of ether oxygens (including phenoxy) is 1. The zero-order chi connectivity index (χ0) is 13.1. The van der Waals surface area contributed by atoms with Crippen LogP contribution in [0.15, 0.2) is 0 Å². The lowest BCUT2D eigenvalue weighted by atomic mass is 9.95. The molecule has 1 amide bonds. The highest BCUT2D eigenvalue weighted by atomic mass is 16.5. The summed E-state index contributed by atoms with van der Waals surface area (Å²) in [6, 6.07) is 0. The van der Waals surface area contributed by atoms with Gasteiger partial charge < -0.3 is 15.2 Å². The Balaban J connectivity index is 2.52. The number of carbonyl (C=O) groups excluding carboxylic acids is 1. The largest absolute Gasteiger partial charge is 0.479 e. The summed E-state index contributed by atoms with van der Waals surface area (Å²) >= 11 is 0. The first-order valence-corrected chi connectivity index (χ1v) is 6.12. The molecule has 0 aromatic heterocycles. The topological polar surface area (TPSA) is 75.6 Å². The molecule has 1 heterocycles. The zero-order valence-electron chi connectivity index (χ0n) is 10.7. The van der Waals surface area contributed by atoms with Gasteiger partial charge in [-0.1, -0.05) is 13.8 Å². The highest BCUT2D eigenvalue weighted by Gasteiger charge is 2.36. The number of nitrogens with one attached hydrogen (secondary N) is 1. The second-order valence-corrected chi connectivity index (χ2v) is 4.79. The number of carboxylic acids is 1. The van der Waals surface area contributed by atoms with Gasteiger partial charge in [-0.25, -0.2) is 4.79 Å². The molecular weight excluding hydrogens is 222 g/mol. The van der Waals surface area contributed by atoms with Gasteiger partial charge in [-0.05, 0) is 32.6 Å². The molecule has 0 spiro atoms. The number of carbonyl (C=O) groups is 2. The fourth-order valence-electron chi connectivity index (χ4n) is 1.82. The second kappa shape index (κ2) is 5.49. The Hall–Kier alpha value is -1.10. The first kappa shape index (κ1) is 14.0. The van der Waals surface area contributed by atoms with Gasteiger partial charge in [0.1, 0.15) is 6.10 Å². The highest BCUT2D eigenvalue weighted by molar-refractivity contribution is 5.83. The molecule has 0 aliphatic carbocycles. The molecule has 17 heavy (non-hydrogen) atoms. The summed E-state index contributed by atoms with van der Waals surface area (Å²) < 4.78 is 5.21. The van der Waals surface area contributed by atoms with Crippen molar-refractivity contribution in [3.8, 4) is 0 Å². The van der Waals surface area contributed by atoms with Crippen LogP contribution in [0.4, 0.5) is 0 Å². The molecule has 0 saturated carbocycles. The Labute approximate surface area is 102 Å². The minimum absolute atomic E-state index is 0.194. The molecule has 1 aliphatic heterocycles. The minimum atomic E-state index is -0.992. The summed E-state index contributed by atoms with van der Waals surface area (Å²) in [7, 11) is 0. The molecule has 2 atom stereocenters. The molecule has 5 heteroatoms. The molecule has 0 bridgehead atoms. The van der Waals surface area contributed by atoms with Gasteiger partial charge in [0.25, 0.3) is 0 Å². The fraction of sp³-hybridized carbons (Fsp3) is 0.833. The van der Waals surface area contributed by atoms with E-state index in [4.69, 9.17) is 9.84 Å². The summed E-state index contributed by atoms with van der Waals surface area (Å²) in [6.07, 6.45) is 1.11. The maximum absolute atomic E-state index is 11.9. The van der Waals surface area contributed by atoms with Gasteiger partial charge in [-0.15, -0.1) is 0 Å². The van der Waals surface area contributed by atoms with Gasteiger partial charge in [-0.3, -0.25) is 4.79 Å². The first-order valence-electron chi connectivity index (χ1n) is 6.12. The summed E-state index contributed by atoms with van der Waals surface area (Å²) in [4.78, 5) is 22.6. The number of hydrogen-bond donors (Lipinski definition) is 2. The predicted molar refractivity (Wildman–Crippen MR) is 62.7 cm³/mol. The fourth-order valence-corrected chi connectivity index (χ4v) is 1.82. The summed E-state index contributed by atoms with van der Waals surface area (Å²) in [5.74, 6) is -1.19. The van der Waals surface area contributed by atoms with E-state index in [0.717, 1.165) is 12.8 Å². The highest BCUT2D eigenvalue weighted by Crippen LogP contribution is 2.22. The normalized spacial score (nSPS) is 24.6.